The monoisotopic (exact) mass is 352 g/mol. The second kappa shape index (κ2) is 7.79. The zero-order valence-electron chi connectivity index (χ0n) is 13.5. The minimum atomic E-state index is -0.624. The topological polar surface area (TPSA) is 80.6 Å². The van der Waals surface area contributed by atoms with Gasteiger partial charge in [-0.15, -0.1) is 12.4 Å². The zero-order valence-corrected chi connectivity index (χ0v) is 14.3. The fraction of sp³-hybridized carbons (Fsp3) is 0.412. The number of hydrogen-bond acceptors (Lipinski definition) is 5. The number of halogens is 1. The third-order valence-electron chi connectivity index (χ3n) is 4.23. The lowest BCUT2D eigenvalue weighted by molar-refractivity contribution is 0.0889. The summed E-state index contributed by atoms with van der Waals surface area (Å²) in [6.45, 7) is 1.82. The van der Waals surface area contributed by atoms with Crippen molar-refractivity contribution in [3.63, 3.8) is 0 Å². The second-order valence-electron chi connectivity index (χ2n) is 5.91. The maximum absolute atomic E-state index is 12.4. The Morgan fingerprint density at radius 2 is 2.21 bits per heavy atom. The molecule has 0 saturated carbocycles. The summed E-state index contributed by atoms with van der Waals surface area (Å²) in [4.78, 5) is 24.4. The first-order chi connectivity index (χ1) is 11.1. The lowest BCUT2D eigenvalue weighted by Gasteiger charge is -2.28. The van der Waals surface area contributed by atoms with Gasteiger partial charge < -0.3 is 19.8 Å². The molecule has 2 aromatic rings. The molecule has 24 heavy (non-hydrogen) atoms. The number of amides is 1. The third kappa shape index (κ3) is 3.77. The van der Waals surface area contributed by atoms with Crippen molar-refractivity contribution in [1.29, 1.82) is 0 Å². The lowest BCUT2D eigenvalue weighted by atomic mass is 9.98. The van der Waals surface area contributed by atoms with Crippen LogP contribution in [0.25, 0.3) is 11.0 Å². The number of rotatable bonds is 5. The second-order valence-corrected chi connectivity index (χ2v) is 5.91. The van der Waals surface area contributed by atoms with Gasteiger partial charge in [-0.3, -0.25) is 4.79 Å². The van der Waals surface area contributed by atoms with Crippen LogP contribution in [-0.2, 0) is 4.74 Å². The van der Waals surface area contributed by atoms with Gasteiger partial charge in [-0.2, -0.15) is 0 Å². The Labute approximate surface area is 146 Å². The van der Waals surface area contributed by atoms with Gasteiger partial charge in [0.1, 0.15) is 11.1 Å². The Balaban J connectivity index is 0.00000208. The van der Waals surface area contributed by atoms with Gasteiger partial charge in [0.15, 0.2) is 0 Å². The van der Waals surface area contributed by atoms with E-state index in [4.69, 9.17) is 9.15 Å². The summed E-state index contributed by atoms with van der Waals surface area (Å²) in [6, 6.07) is 8.70. The molecule has 130 valence electrons. The summed E-state index contributed by atoms with van der Waals surface area (Å²) in [6.07, 6.45) is 1.96. The van der Waals surface area contributed by atoms with Gasteiger partial charge >= 0.3 is 5.63 Å². The quantitative estimate of drug-likeness (QED) is 0.801. The maximum Gasteiger partial charge on any atom is 0.349 e. The number of nitrogens with one attached hydrogen (secondary N) is 2. The zero-order chi connectivity index (χ0) is 16.3. The molecule has 0 aliphatic carbocycles. The van der Waals surface area contributed by atoms with Gasteiger partial charge in [-0.25, -0.2) is 4.79 Å². The van der Waals surface area contributed by atoms with Gasteiger partial charge in [0.05, 0.1) is 12.1 Å². The van der Waals surface area contributed by atoms with Crippen molar-refractivity contribution in [2.45, 2.75) is 18.4 Å². The number of ether oxygens (including phenoxy) is 1. The summed E-state index contributed by atoms with van der Waals surface area (Å²) in [7, 11) is 1.64. The van der Waals surface area contributed by atoms with Crippen molar-refractivity contribution in [2.75, 3.05) is 26.8 Å². The van der Waals surface area contributed by atoms with Gasteiger partial charge in [0, 0.05) is 19.0 Å². The van der Waals surface area contributed by atoms with Crippen LogP contribution in [0.4, 0.5) is 0 Å². The normalized spacial score (nSPS) is 19.9. The minimum Gasteiger partial charge on any atom is -0.422 e. The van der Waals surface area contributed by atoms with E-state index < -0.39 is 11.5 Å². The molecule has 0 bridgehead atoms. The van der Waals surface area contributed by atoms with Crippen molar-refractivity contribution in [1.82, 2.24) is 10.6 Å². The number of methoxy groups -OCH3 is 1. The molecule has 2 N–H and O–H groups in total. The molecule has 0 radical (unpaired) electrons. The van der Waals surface area contributed by atoms with E-state index in [-0.39, 0.29) is 23.5 Å². The molecule has 1 aromatic heterocycles. The first kappa shape index (κ1) is 18.4. The highest BCUT2D eigenvalue weighted by molar-refractivity contribution is 5.96. The molecule has 1 unspecified atom stereocenters. The fourth-order valence-corrected chi connectivity index (χ4v) is 3.04. The molecule has 1 aliphatic heterocycles. The number of fused-ring (bicyclic) bond motifs is 1. The van der Waals surface area contributed by atoms with E-state index in [9.17, 15) is 9.59 Å². The summed E-state index contributed by atoms with van der Waals surface area (Å²) >= 11 is 0. The number of hydrogen-bond donors (Lipinski definition) is 2. The van der Waals surface area contributed by atoms with Gasteiger partial charge in [0.25, 0.3) is 5.91 Å². The Kier molecular flexibility index (Phi) is 5.99. The molecule has 7 heteroatoms. The molecule has 3 rings (SSSR count). The van der Waals surface area contributed by atoms with Crippen molar-refractivity contribution >= 4 is 29.3 Å². The number of para-hydroxylation sites is 1. The van der Waals surface area contributed by atoms with Crippen LogP contribution >= 0.6 is 12.4 Å². The molecular weight excluding hydrogens is 332 g/mol. The molecule has 1 atom stereocenters. The fourth-order valence-electron chi connectivity index (χ4n) is 3.04. The summed E-state index contributed by atoms with van der Waals surface area (Å²) in [5.74, 6) is -0.423. The van der Waals surface area contributed by atoms with Gasteiger partial charge in [0.2, 0.25) is 0 Å². The van der Waals surface area contributed by atoms with Crippen LogP contribution in [0.3, 0.4) is 0 Å². The molecule has 1 saturated heterocycles. The third-order valence-corrected chi connectivity index (χ3v) is 4.23. The number of benzene rings is 1. The highest BCUT2D eigenvalue weighted by atomic mass is 35.5. The molecule has 1 fully saturated rings. The van der Waals surface area contributed by atoms with Crippen molar-refractivity contribution in [3.8, 4) is 0 Å². The predicted molar refractivity (Wildman–Crippen MR) is 93.9 cm³/mol. The number of carbonyl (C=O) groups is 1. The van der Waals surface area contributed by atoms with E-state index in [0.717, 1.165) is 24.8 Å². The van der Waals surface area contributed by atoms with Crippen molar-refractivity contribution in [2.24, 2.45) is 0 Å². The Morgan fingerprint density at radius 1 is 1.42 bits per heavy atom. The van der Waals surface area contributed by atoms with E-state index in [0.29, 0.717) is 18.7 Å². The molecule has 1 aliphatic rings. The van der Waals surface area contributed by atoms with E-state index >= 15 is 0 Å². The highest BCUT2D eigenvalue weighted by Crippen LogP contribution is 2.19. The van der Waals surface area contributed by atoms with Crippen LogP contribution in [0.15, 0.2) is 39.5 Å². The van der Waals surface area contributed by atoms with E-state index in [1.165, 1.54) is 0 Å². The van der Waals surface area contributed by atoms with E-state index in [1.54, 1.807) is 31.4 Å². The number of carbonyl (C=O) groups excluding carboxylic acids is 1. The average molecular weight is 353 g/mol. The average Bonchev–Trinajstić information content (AvgIpc) is 3.01. The van der Waals surface area contributed by atoms with E-state index in [1.807, 2.05) is 6.07 Å². The SMILES string of the molecule is COCC1(CNC(=O)c2cc3ccccc3oc2=O)CCCN1.Cl. The minimum absolute atomic E-state index is 0. The Bertz CT molecular complexity index is 769. The molecule has 2 heterocycles. The summed E-state index contributed by atoms with van der Waals surface area (Å²) < 4.78 is 10.5. The molecule has 6 nitrogen and oxygen atoms in total. The predicted octanol–water partition coefficient (Wildman–Crippen LogP) is 1.71. The molecular formula is C17H21ClN2O4. The highest BCUT2D eigenvalue weighted by Gasteiger charge is 2.34. The summed E-state index contributed by atoms with van der Waals surface area (Å²) in [5.41, 5.74) is -0.389. The van der Waals surface area contributed by atoms with Crippen molar-refractivity contribution in [3.05, 3.63) is 46.3 Å². The van der Waals surface area contributed by atoms with Crippen molar-refractivity contribution < 1.29 is 13.9 Å². The van der Waals surface area contributed by atoms with E-state index in [2.05, 4.69) is 10.6 Å². The van der Waals surface area contributed by atoms with Crippen LogP contribution in [0.1, 0.15) is 23.2 Å². The first-order valence-electron chi connectivity index (χ1n) is 7.69. The lowest BCUT2D eigenvalue weighted by Crippen LogP contribution is -2.53. The van der Waals surface area contributed by atoms with Gasteiger partial charge in [-0.1, -0.05) is 18.2 Å². The molecule has 1 aromatic carbocycles. The first-order valence-corrected chi connectivity index (χ1v) is 7.69. The maximum atomic E-state index is 12.4. The molecule has 0 spiro atoms. The van der Waals surface area contributed by atoms with Crippen LogP contribution in [0.2, 0.25) is 0 Å². The standard InChI is InChI=1S/C17H20N2O4.ClH/c1-22-11-17(7-4-8-19-17)10-18-15(20)13-9-12-5-2-3-6-14(12)23-16(13)21;/h2-3,5-6,9,19H,4,7-8,10-11H2,1H3,(H,18,20);1H. The Hall–Kier alpha value is -1.89. The van der Waals surface area contributed by atoms with Crippen LogP contribution in [0.5, 0.6) is 0 Å². The largest absolute Gasteiger partial charge is 0.422 e. The summed E-state index contributed by atoms with van der Waals surface area (Å²) in [5, 5.41) is 6.94. The van der Waals surface area contributed by atoms with Gasteiger partial charge in [-0.05, 0) is 31.5 Å². The Morgan fingerprint density at radius 3 is 2.92 bits per heavy atom. The van der Waals surface area contributed by atoms with Crippen LogP contribution in [-0.4, -0.2) is 38.3 Å². The van der Waals surface area contributed by atoms with Crippen LogP contribution < -0.4 is 16.3 Å². The van der Waals surface area contributed by atoms with Crippen LogP contribution in [0, 0.1) is 0 Å². The molecule has 1 amide bonds. The smallest absolute Gasteiger partial charge is 0.349 e.